The monoisotopic (exact) mass is 206 g/mol. The zero-order valence-corrected chi connectivity index (χ0v) is 9.00. The minimum absolute atomic E-state index is 0.124. The van der Waals surface area contributed by atoms with Crippen molar-refractivity contribution in [3.8, 4) is 0 Å². The van der Waals surface area contributed by atoms with Crippen molar-refractivity contribution in [2.75, 3.05) is 19.3 Å². The maximum absolute atomic E-state index is 10.9. The number of carbonyl (C=O) groups is 1. The van der Waals surface area contributed by atoms with Crippen molar-refractivity contribution < 1.29 is 4.79 Å². The lowest BCUT2D eigenvalue weighted by molar-refractivity contribution is -0.120. The fraction of sp³-hybridized carbons (Fsp3) is 0.714. The lowest BCUT2D eigenvalue weighted by atomic mass is 10.4. The van der Waals surface area contributed by atoms with Gasteiger partial charge in [-0.3, -0.25) is 9.79 Å². The quantitative estimate of drug-likeness (QED) is 0.310. The van der Waals surface area contributed by atoms with E-state index in [0.29, 0.717) is 13.0 Å². The third-order valence-corrected chi connectivity index (χ3v) is 2.97. The van der Waals surface area contributed by atoms with E-state index in [1.807, 2.05) is 6.92 Å². The summed E-state index contributed by atoms with van der Waals surface area (Å²) in [5.74, 6) is 0.960. The van der Waals surface area contributed by atoms with Crippen LogP contribution in [0.2, 0.25) is 0 Å². The molecule has 0 spiro atoms. The summed E-state index contributed by atoms with van der Waals surface area (Å²) in [6.45, 7) is 2.64. The average molecular weight is 206 g/mol. The highest BCUT2D eigenvalue weighted by atomic mass is 33.1. The number of amides is 1. The van der Waals surface area contributed by atoms with Gasteiger partial charge in [0.1, 0.15) is 0 Å². The van der Waals surface area contributed by atoms with Gasteiger partial charge in [-0.15, -0.1) is 0 Å². The molecule has 0 aromatic rings. The SMILES string of the molecule is CCNC(=O)CCSSC=NC. The number of hydrogen-bond donors (Lipinski definition) is 1. The number of carbonyl (C=O) groups excluding carboxylic acids is 1. The Kier molecular flexibility index (Phi) is 8.81. The van der Waals surface area contributed by atoms with Crippen LogP contribution in [0.3, 0.4) is 0 Å². The Morgan fingerprint density at radius 2 is 2.42 bits per heavy atom. The molecule has 0 heterocycles. The molecule has 0 rings (SSSR count). The molecule has 5 heteroatoms. The van der Waals surface area contributed by atoms with E-state index in [1.165, 1.54) is 0 Å². The molecule has 0 saturated heterocycles. The summed E-state index contributed by atoms with van der Waals surface area (Å²) in [6, 6.07) is 0. The molecule has 0 aliphatic heterocycles. The maximum atomic E-state index is 10.9. The second kappa shape index (κ2) is 8.93. The fourth-order valence-corrected chi connectivity index (χ4v) is 2.03. The molecule has 0 aromatic heterocycles. The second-order valence-electron chi connectivity index (χ2n) is 1.99. The molecule has 3 nitrogen and oxygen atoms in total. The second-order valence-corrected chi connectivity index (χ2v) is 4.32. The van der Waals surface area contributed by atoms with Gasteiger partial charge in [-0.05, 0) is 17.7 Å². The van der Waals surface area contributed by atoms with E-state index in [9.17, 15) is 4.79 Å². The highest BCUT2D eigenvalue weighted by Gasteiger charge is 1.97. The summed E-state index contributed by atoms with van der Waals surface area (Å²) in [4.78, 5) is 14.7. The lowest BCUT2D eigenvalue weighted by Gasteiger charge is -1.99. The molecule has 0 saturated carbocycles. The van der Waals surface area contributed by atoms with Gasteiger partial charge in [0.2, 0.25) is 5.91 Å². The van der Waals surface area contributed by atoms with Crippen LogP contribution in [-0.4, -0.2) is 30.8 Å². The minimum Gasteiger partial charge on any atom is -0.356 e. The zero-order valence-electron chi connectivity index (χ0n) is 7.37. The van der Waals surface area contributed by atoms with Crippen LogP contribution in [0.1, 0.15) is 13.3 Å². The van der Waals surface area contributed by atoms with Gasteiger partial charge in [-0.2, -0.15) is 0 Å². The van der Waals surface area contributed by atoms with E-state index in [0.717, 1.165) is 5.75 Å². The van der Waals surface area contributed by atoms with Gasteiger partial charge < -0.3 is 5.32 Å². The van der Waals surface area contributed by atoms with E-state index in [1.54, 1.807) is 34.2 Å². The summed E-state index contributed by atoms with van der Waals surface area (Å²) in [6.07, 6.45) is 0.586. The molecule has 70 valence electrons. The normalized spacial score (nSPS) is 10.5. The minimum atomic E-state index is 0.124. The Hall–Kier alpha value is -0.160. The van der Waals surface area contributed by atoms with Crippen LogP contribution in [0, 0.1) is 0 Å². The Morgan fingerprint density at radius 3 is 3.00 bits per heavy atom. The van der Waals surface area contributed by atoms with Gasteiger partial charge in [-0.1, -0.05) is 10.8 Å². The first-order valence-electron chi connectivity index (χ1n) is 3.76. The van der Waals surface area contributed by atoms with E-state index < -0.39 is 0 Å². The molecule has 0 fully saturated rings. The lowest BCUT2D eigenvalue weighted by Crippen LogP contribution is -2.22. The molecule has 0 aliphatic carbocycles. The van der Waals surface area contributed by atoms with Crippen molar-refractivity contribution in [1.29, 1.82) is 0 Å². The van der Waals surface area contributed by atoms with E-state index in [4.69, 9.17) is 0 Å². The Labute approximate surface area is 81.2 Å². The summed E-state index contributed by atoms with van der Waals surface area (Å²) in [5.41, 5.74) is 1.77. The molecule has 0 unspecified atom stereocenters. The van der Waals surface area contributed by atoms with Crippen molar-refractivity contribution in [3.63, 3.8) is 0 Å². The van der Waals surface area contributed by atoms with Gasteiger partial charge in [0.15, 0.2) is 0 Å². The first kappa shape index (κ1) is 11.8. The zero-order chi connectivity index (χ0) is 9.23. The van der Waals surface area contributed by atoms with Crippen LogP contribution in [0.15, 0.2) is 4.99 Å². The molecule has 0 aliphatic rings. The molecule has 1 N–H and O–H groups in total. The molecule has 0 aromatic carbocycles. The number of rotatable bonds is 6. The Morgan fingerprint density at radius 1 is 1.67 bits per heavy atom. The van der Waals surface area contributed by atoms with Gasteiger partial charge in [-0.25, -0.2) is 0 Å². The molecule has 0 atom stereocenters. The van der Waals surface area contributed by atoms with E-state index >= 15 is 0 Å². The average Bonchev–Trinajstić information content (AvgIpc) is 2.05. The van der Waals surface area contributed by atoms with E-state index in [2.05, 4.69) is 10.3 Å². The number of aliphatic imine (C=N–C) groups is 1. The largest absolute Gasteiger partial charge is 0.356 e. The van der Waals surface area contributed by atoms with Crippen LogP contribution in [0.25, 0.3) is 0 Å². The third kappa shape index (κ3) is 7.94. The highest BCUT2D eigenvalue weighted by molar-refractivity contribution is 8.81. The smallest absolute Gasteiger partial charge is 0.220 e. The van der Waals surface area contributed by atoms with Gasteiger partial charge in [0.25, 0.3) is 0 Å². The van der Waals surface area contributed by atoms with Crippen LogP contribution in [-0.2, 0) is 4.79 Å². The number of nitrogens with zero attached hydrogens (tertiary/aromatic N) is 1. The summed E-state index contributed by atoms with van der Waals surface area (Å²) >= 11 is 0. The first-order chi connectivity index (χ1) is 5.81. The molecular formula is C7H14N2OS2. The summed E-state index contributed by atoms with van der Waals surface area (Å²) < 4.78 is 0. The topological polar surface area (TPSA) is 41.5 Å². The molecule has 12 heavy (non-hydrogen) atoms. The summed E-state index contributed by atoms with van der Waals surface area (Å²) in [7, 11) is 4.93. The van der Waals surface area contributed by atoms with Crippen LogP contribution in [0.5, 0.6) is 0 Å². The third-order valence-electron chi connectivity index (χ3n) is 1.00. The standard InChI is InChI=1S/C7H14N2OS2/c1-3-9-7(10)4-5-11-12-6-8-2/h6H,3-5H2,1-2H3,(H,9,10). The molecular weight excluding hydrogens is 192 g/mol. The van der Waals surface area contributed by atoms with Crippen molar-refractivity contribution in [3.05, 3.63) is 0 Å². The van der Waals surface area contributed by atoms with E-state index in [-0.39, 0.29) is 5.91 Å². The highest BCUT2D eigenvalue weighted by Crippen LogP contribution is 2.18. The van der Waals surface area contributed by atoms with Crippen LogP contribution in [0.4, 0.5) is 0 Å². The molecule has 1 amide bonds. The molecule has 0 bridgehead atoms. The fourth-order valence-electron chi connectivity index (χ4n) is 0.541. The van der Waals surface area contributed by atoms with Crippen molar-refractivity contribution in [2.24, 2.45) is 4.99 Å². The summed E-state index contributed by atoms with van der Waals surface area (Å²) in [5, 5.41) is 2.74. The Balaban J connectivity index is 3.13. The van der Waals surface area contributed by atoms with Gasteiger partial charge in [0, 0.05) is 25.8 Å². The van der Waals surface area contributed by atoms with Gasteiger partial charge >= 0.3 is 0 Å². The van der Waals surface area contributed by atoms with Gasteiger partial charge in [0.05, 0.1) is 5.55 Å². The maximum Gasteiger partial charge on any atom is 0.220 e. The predicted molar refractivity (Wildman–Crippen MR) is 57.8 cm³/mol. The van der Waals surface area contributed by atoms with Crippen molar-refractivity contribution >= 4 is 33.0 Å². The predicted octanol–water partition coefficient (Wildman–Crippen LogP) is 1.55. The molecule has 0 radical (unpaired) electrons. The van der Waals surface area contributed by atoms with Crippen LogP contribution < -0.4 is 5.32 Å². The number of nitrogens with one attached hydrogen (secondary N) is 1. The van der Waals surface area contributed by atoms with Crippen molar-refractivity contribution in [2.45, 2.75) is 13.3 Å². The van der Waals surface area contributed by atoms with Crippen LogP contribution >= 0.6 is 21.6 Å². The first-order valence-corrected chi connectivity index (χ1v) is 6.15. The Bertz CT molecular complexity index is 150. The van der Waals surface area contributed by atoms with Crippen molar-refractivity contribution in [1.82, 2.24) is 5.32 Å². The number of hydrogen-bond acceptors (Lipinski definition) is 4.